The lowest BCUT2D eigenvalue weighted by atomic mass is 10.2. The van der Waals surface area contributed by atoms with E-state index in [0.717, 1.165) is 0 Å². The second kappa shape index (κ2) is 7.97. The number of ether oxygens (including phenoxy) is 1. The molecule has 0 saturated carbocycles. The molecule has 0 bridgehead atoms. The fourth-order valence-electron chi connectivity index (χ4n) is 1.78. The van der Waals surface area contributed by atoms with Crippen molar-refractivity contribution in [2.75, 3.05) is 13.2 Å². The van der Waals surface area contributed by atoms with Crippen LogP contribution in [0.15, 0.2) is 29.6 Å². The van der Waals surface area contributed by atoms with Crippen molar-refractivity contribution in [3.05, 3.63) is 45.9 Å². The minimum Gasteiger partial charge on any atom is -0.484 e. The Balaban J connectivity index is 1.81. The second-order valence-corrected chi connectivity index (χ2v) is 5.81. The zero-order valence-electron chi connectivity index (χ0n) is 12.7. The maximum absolute atomic E-state index is 12.0. The second-order valence-electron chi connectivity index (χ2n) is 4.87. The number of hydrogen-bond donors (Lipinski definition) is 2. The van der Waals surface area contributed by atoms with Crippen LogP contribution < -0.4 is 10.1 Å². The Morgan fingerprint density at radius 3 is 2.48 bits per heavy atom. The van der Waals surface area contributed by atoms with Gasteiger partial charge >= 0.3 is 12.1 Å². The molecule has 1 amide bonds. The van der Waals surface area contributed by atoms with Gasteiger partial charge in [0.2, 0.25) is 0 Å². The molecule has 0 fully saturated rings. The van der Waals surface area contributed by atoms with Crippen molar-refractivity contribution in [1.82, 2.24) is 10.3 Å². The summed E-state index contributed by atoms with van der Waals surface area (Å²) in [5, 5.41) is 13.4. The van der Waals surface area contributed by atoms with Gasteiger partial charge in [-0.2, -0.15) is 13.2 Å². The number of nitrogens with zero attached hydrogens (tertiary/aromatic N) is 1. The smallest absolute Gasteiger partial charge is 0.422 e. The van der Waals surface area contributed by atoms with Crippen molar-refractivity contribution in [3.63, 3.8) is 0 Å². The van der Waals surface area contributed by atoms with E-state index < -0.39 is 24.7 Å². The quantitative estimate of drug-likeness (QED) is 0.778. The molecule has 2 N–H and O–H groups in total. The molecule has 0 unspecified atom stereocenters. The Labute approximate surface area is 144 Å². The first-order valence-corrected chi connectivity index (χ1v) is 7.88. The van der Waals surface area contributed by atoms with E-state index in [4.69, 9.17) is 5.11 Å². The molecule has 6 nitrogen and oxygen atoms in total. The van der Waals surface area contributed by atoms with Gasteiger partial charge in [0.05, 0.1) is 5.01 Å². The third-order valence-corrected chi connectivity index (χ3v) is 3.82. The van der Waals surface area contributed by atoms with Gasteiger partial charge in [-0.3, -0.25) is 4.79 Å². The van der Waals surface area contributed by atoms with Gasteiger partial charge in [-0.25, -0.2) is 9.78 Å². The lowest BCUT2D eigenvalue weighted by molar-refractivity contribution is -0.153. The average Bonchev–Trinajstić information content (AvgIpc) is 3.02. The normalized spacial score (nSPS) is 11.2. The molecule has 0 aliphatic rings. The molecule has 2 rings (SSSR count). The molecule has 0 radical (unpaired) electrons. The van der Waals surface area contributed by atoms with E-state index in [1.807, 2.05) is 0 Å². The number of hydrogen-bond acceptors (Lipinski definition) is 5. The van der Waals surface area contributed by atoms with Crippen molar-refractivity contribution >= 4 is 23.2 Å². The van der Waals surface area contributed by atoms with Crippen LogP contribution in [-0.2, 0) is 6.42 Å². The first-order valence-electron chi connectivity index (χ1n) is 7.00. The van der Waals surface area contributed by atoms with E-state index in [1.165, 1.54) is 41.0 Å². The van der Waals surface area contributed by atoms with E-state index in [9.17, 15) is 22.8 Å². The van der Waals surface area contributed by atoms with Crippen LogP contribution in [-0.4, -0.2) is 41.3 Å². The van der Waals surface area contributed by atoms with Crippen LogP contribution in [0, 0.1) is 0 Å². The number of halogens is 3. The molecule has 10 heteroatoms. The van der Waals surface area contributed by atoms with Gasteiger partial charge in [-0.1, -0.05) is 0 Å². The number of rotatable bonds is 7. The van der Waals surface area contributed by atoms with Gasteiger partial charge in [-0.15, -0.1) is 11.3 Å². The average molecular weight is 374 g/mol. The summed E-state index contributed by atoms with van der Waals surface area (Å²) in [7, 11) is 0. The molecule has 1 heterocycles. The van der Waals surface area contributed by atoms with Crippen molar-refractivity contribution in [2.24, 2.45) is 0 Å². The third-order valence-electron chi connectivity index (χ3n) is 2.91. The molecule has 2 aromatic rings. The van der Waals surface area contributed by atoms with Gasteiger partial charge in [-0.05, 0) is 24.3 Å². The SMILES string of the molecule is O=C(NCCc1nc(C(=O)O)cs1)c1ccc(OCC(F)(F)F)cc1. The Morgan fingerprint density at radius 2 is 1.92 bits per heavy atom. The number of thiazole rings is 1. The monoisotopic (exact) mass is 374 g/mol. The van der Waals surface area contributed by atoms with Gasteiger partial charge in [0.25, 0.3) is 5.91 Å². The molecule has 1 aromatic heterocycles. The Hall–Kier alpha value is -2.62. The molecule has 134 valence electrons. The van der Waals surface area contributed by atoms with Crippen molar-refractivity contribution < 1.29 is 32.6 Å². The van der Waals surface area contributed by atoms with Crippen LogP contribution in [0.25, 0.3) is 0 Å². The zero-order valence-corrected chi connectivity index (χ0v) is 13.5. The molecule has 0 spiro atoms. The lowest BCUT2D eigenvalue weighted by Crippen LogP contribution is -2.25. The number of nitrogens with one attached hydrogen (secondary N) is 1. The number of aromatic nitrogens is 1. The molecule has 0 aliphatic heterocycles. The zero-order chi connectivity index (χ0) is 18.4. The largest absolute Gasteiger partial charge is 0.484 e. The standard InChI is InChI=1S/C15H13F3N2O4S/c16-15(17,18)8-24-10-3-1-9(2-4-10)13(21)19-6-5-12-20-11(7-25-12)14(22)23/h1-4,7H,5-6,8H2,(H,19,21)(H,22,23). The van der Waals surface area contributed by atoms with E-state index in [-0.39, 0.29) is 23.6 Å². The number of carboxylic acid groups (broad SMARTS) is 1. The summed E-state index contributed by atoms with van der Waals surface area (Å²) in [6.45, 7) is -1.15. The topological polar surface area (TPSA) is 88.5 Å². The maximum Gasteiger partial charge on any atom is 0.422 e. The van der Waals surface area contributed by atoms with Crippen LogP contribution in [0.1, 0.15) is 25.9 Å². The number of alkyl halides is 3. The minimum atomic E-state index is -4.42. The summed E-state index contributed by atoms with van der Waals surface area (Å²) in [6, 6.07) is 5.27. The highest BCUT2D eigenvalue weighted by Crippen LogP contribution is 2.18. The van der Waals surface area contributed by atoms with Gasteiger partial charge in [0.1, 0.15) is 5.75 Å². The predicted molar refractivity (Wildman–Crippen MR) is 83.1 cm³/mol. The number of aromatic carboxylic acids is 1. The summed E-state index contributed by atoms with van der Waals surface area (Å²) < 4.78 is 40.7. The number of carbonyl (C=O) groups excluding carboxylic acids is 1. The van der Waals surface area contributed by atoms with Crippen molar-refractivity contribution in [3.8, 4) is 5.75 Å². The number of carboxylic acids is 1. The van der Waals surface area contributed by atoms with E-state index in [2.05, 4.69) is 15.0 Å². The fourth-order valence-corrected chi connectivity index (χ4v) is 2.55. The van der Waals surface area contributed by atoms with E-state index in [0.29, 0.717) is 11.4 Å². The summed E-state index contributed by atoms with van der Waals surface area (Å²) in [6.07, 6.45) is -4.05. The molecular formula is C15H13F3N2O4S. The summed E-state index contributed by atoms with van der Waals surface area (Å²) >= 11 is 1.18. The van der Waals surface area contributed by atoms with Crippen LogP contribution >= 0.6 is 11.3 Å². The highest BCUT2D eigenvalue weighted by Gasteiger charge is 2.28. The van der Waals surface area contributed by atoms with Crippen molar-refractivity contribution in [1.29, 1.82) is 0 Å². The van der Waals surface area contributed by atoms with Gasteiger partial charge < -0.3 is 15.2 Å². The number of amides is 1. The predicted octanol–water partition coefficient (Wildman–Crippen LogP) is 2.75. The Kier molecular flexibility index (Phi) is 5.97. The van der Waals surface area contributed by atoms with Crippen LogP contribution in [0.3, 0.4) is 0 Å². The van der Waals surface area contributed by atoms with Crippen molar-refractivity contribution in [2.45, 2.75) is 12.6 Å². The molecular weight excluding hydrogens is 361 g/mol. The van der Waals surface area contributed by atoms with Crippen LogP contribution in [0.2, 0.25) is 0 Å². The molecule has 0 aliphatic carbocycles. The van der Waals surface area contributed by atoms with Crippen LogP contribution in [0.4, 0.5) is 13.2 Å². The van der Waals surface area contributed by atoms with Gasteiger partial charge in [0.15, 0.2) is 12.3 Å². The maximum atomic E-state index is 12.0. The summed E-state index contributed by atoms with van der Waals surface area (Å²) in [5.74, 6) is -1.50. The van der Waals surface area contributed by atoms with Gasteiger partial charge in [0, 0.05) is 23.9 Å². The third kappa shape index (κ3) is 6.07. The Morgan fingerprint density at radius 1 is 1.24 bits per heavy atom. The fraction of sp³-hybridized carbons (Fsp3) is 0.267. The molecule has 0 atom stereocenters. The number of carbonyl (C=O) groups is 2. The summed E-state index contributed by atoms with van der Waals surface area (Å²) in [4.78, 5) is 26.5. The lowest BCUT2D eigenvalue weighted by Gasteiger charge is -2.09. The highest BCUT2D eigenvalue weighted by atomic mass is 32.1. The first kappa shape index (κ1) is 18.7. The highest BCUT2D eigenvalue weighted by molar-refractivity contribution is 7.09. The molecule has 1 aromatic carbocycles. The van der Waals surface area contributed by atoms with E-state index >= 15 is 0 Å². The minimum absolute atomic E-state index is 0.0119. The number of benzene rings is 1. The first-order chi connectivity index (χ1) is 11.7. The molecule has 25 heavy (non-hydrogen) atoms. The molecule has 0 saturated heterocycles. The van der Waals surface area contributed by atoms with Crippen LogP contribution in [0.5, 0.6) is 5.75 Å². The Bertz CT molecular complexity index is 744. The summed E-state index contributed by atoms with van der Waals surface area (Å²) in [5.41, 5.74) is 0.227. The van der Waals surface area contributed by atoms with E-state index in [1.54, 1.807) is 0 Å².